The highest BCUT2D eigenvalue weighted by molar-refractivity contribution is 7.95. The normalized spacial score (nSPS) is 24.9. The van der Waals surface area contributed by atoms with Crippen LogP contribution < -0.4 is 10.5 Å². The van der Waals surface area contributed by atoms with Crippen LogP contribution in [0.4, 0.5) is 4.79 Å². The number of nitrogens with zero attached hydrogens (tertiary/aromatic N) is 1. The molecule has 2 amide bonds. The molecule has 2 heterocycles. The van der Waals surface area contributed by atoms with Crippen molar-refractivity contribution in [3.63, 3.8) is 0 Å². The summed E-state index contributed by atoms with van der Waals surface area (Å²) in [5, 5.41) is 0. The van der Waals surface area contributed by atoms with E-state index in [1.807, 2.05) is 0 Å². The Morgan fingerprint density at radius 3 is 2.91 bits per heavy atom. The van der Waals surface area contributed by atoms with Crippen LogP contribution in [0, 0.1) is 0 Å². The second-order valence-electron chi connectivity index (χ2n) is 1.97. The Balaban J connectivity index is 2.21. The van der Waals surface area contributed by atoms with Crippen LogP contribution in [-0.2, 0) is 9.78 Å². The zero-order valence-electron chi connectivity index (χ0n) is 5.31. The van der Waals surface area contributed by atoms with Gasteiger partial charge in [0, 0.05) is 12.3 Å². The molecule has 0 aromatic rings. The fourth-order valence-corrected chi connectivity index (χ4v) is 1.29. The van der Waals surface area contributed by atoms with E-state index in [4.69, 9.17) is 5.73 Å². The summed E-state index contributed by atoms with van der Waals surface area (Å²) >= 11 is 1.01. The minimum absolute atomic E-state index is 0.621. The number of hydrogen-bond donors (Lipinski definition) is 2. The third-order valence-electron chi connectivity index (χ3n) is 1.24. The maximum Gasteiger partial charge on any atom is 0.346 e. The average molecular weight is 175 g/mol. The third kappa shape index (κ3) is 0.934. The zero-order chi connectivity index (χ0) is 7.90. The second kappa shape index (κ2) is 2.03. The van der Waals surface area contributed by atoms with Gasteiger partial charge in [-0.2, -0.15) is 14.1 Å². The third-order valence-corrected chi connectivity index (χ3v) is 2.10. The highest BCUT2D eigenvalue weighted by atomic mass is 32.2. The van der Waals surface area contributed by atoms with Gasteiger partial charge in [0.2, 0.25) is 0 Å². The van der Waals surface area contributed by atoms with E-state index in [1.165, 1.54) is 0 Å². The second-order valence-corrected chi connectivity index (χ2v) is 2.76. The first-order chi connectivity index (χ1) is 5.25. The molecule has 6 nitrogen and oxygen atoms in total. The van der Waals surface area contributed by atoms with Crippen LogP contribution in [-0.4, -0.2) is 16.2 Å². The van der Waals surface area contributed by atoms with Gasteiger partial charge >= 0.3 is 11.9 Å². The van der Waals surface area contributed by atoms with Crippen LogP contribution >= 0.6 is 12.1 Å². The molecular weight excluding hydrogens is 170 g/mol. The molecule has 1 saturated heterocycles. The lowest BCUT2D eigenvalue weighted by Gasteiger charge is -2.22. The number of nitrogens with two attached hydrogens (primary N) is 1. The lowest BCUT2D eigenvalue weighted by Crippen LogP contribution is -2.43. The van der Waals surface area contributed by atoms with Crippen molar-refractivity contribution in [3.8, 4) is 0 Å². The van der Waals surface area contributed by atoms with Crippen LogP contribution in [0.2, 0.25) is 0 Å². The summed E-state index contributed by atoms with van der Waals surface area (Å²) in [6.07, 6.45) is 3.16. The molecule has 0 aromatic heterocycles. The van der Waals surface area contributed by atoms with Crippen molar-refractivity contribution in [2.24, 2.45) is 5.73 Å². The lowest BCUT2D eigenvalue weighted by molar-refractivity contribution is 0.0850. The van der Waals surface area contributed by atoms with Crippen molar-refractivity contribution >= 4 is 18.2 Å². The lowest BCUT2D eigenvalue weighted by atomic mass is 10.5. The molecule has 7 heteroatoms. The topological polar surface area (TPSA) is 83.4 Å². The minimum atomic E-state index is -1.05. The molecule has 0 aliphatic carbocycles. The molecule has 0 saturated carbocycles. The van der Waals surface area contributed by atoms with E-state index in [9.17, 15) is 4.79 Å². The van der Waals surface area contributed by atoms with Gasteiger partial charge in [-0.25, -0.2) is 4.79 Å². The molecule has 1 fully saturated rings. The first kappa shape index (κ1) is 6.77. The largest absolute Gasteiger partial charge is 0.351 e. The number of primary amides is 1. The minimum Gasteiger partial charge on any atom is -0.351 e. The standard InChI is InChI=1S/C4H5N3O3S/c5-3(8)7-4(9-10-4)1-2-6-11-7/h1-2,6H,(H2,5,8). The zero-order valence-corrected chi connectivity index (χ0v) is 6.13. The first-order valence-electron chi connectivity index (χ1n) is 2.81. The van der Waals surface area contributed by atoms with Gasteiger partial charge in [0.1, 0.15) is 0 Å². The van der Waals surface area contributed by atoms with Gasteiger partial charge < -0.3 is 10.5 Å². The molecule has 11 heavy (non-hydrogen) atoms. The Kier molecular flexibility index (Phi) is 1.25. The van der Waals surface area contributed by atoms with Gasteiger partial charge in [-0.1, -0.05) is 0 Å². The van der Waals surface area contributed by atoms with E-state index >= 15 is 0 Å². The van der Waals surface area contributed by atoms with Crippen LogP contribution in [0.5, 0.6) is 0 Å². The number of carbonyl (C=O) groups excluding carboxylic acids is 1. The van der Waals surface area contributed by atoms with Crippen molar-refractivity contribution in [1.82, 2.24) is 9.03 Å². The molecule has 2 aliphatic heterocycles. The molecule has 0 atom stereocenters. The van der Waals surface area contributed by atoms with Crippen molar-refractivity contribution in [3.05, 3.63) is 12.3 Å². The number of urea groups is 1. The fourth-order valence-electron chi connectivity index (χ4n) is 0.718. The molecule has 60 valence electrons. The molecule has 2 aliphatic rings. The molecule has 3 N–H and O–H groups in total. The van der Waals surface area contributed by atoms with Gasteiger partial charge in [0.15, 0.2) is 0 Å². The Morgan fingerprint density at radius 2 is 2.45 bits per heavy atom. The Morgan fingerprint density at radius 1 is 1.73 bits per heavy atom. The Hall–Kier alpha value is -0.920. The highest BCUT2D eigenvalue weighted by Gasteiger charge is 2.57. The summed E-state index contributed by atoms with van der Waals surface area (Å²) in [4.78, 5) is 19.9. The van der Waals surface area contributed by atoms with Crippen LogP contribution in [0.1, 0.15) is 0 Å². The highest BCUT2D eigenvalue weighted by Crippen LogP contribution is 2.40. The van der Waals surface area contributed by atoms with Crippen molar-refractivity contribution in [2.75, 3.05) is 0 Å². The predicted molar refractivity (Wildman–Crippen MR) is 36.2 cm³/mol. The van der Waals surface area contributed by atoms with E-state index < -0.39 is 11.9 Å². The Labute approximate surface area is 66.5 Å². The molecule has 1 spiro atoms. The number of hydrogen-bond acceptors (Lipinski definition) is 5. The van der Waals surface area contributed by atoms with Crippen LogP contribution in [0.3, 0.4) is 0 Å². The van der Waals surface area contributed by atoms with E-state index in [1.54, 1.807) is 12.3 Å². The van der Waals surface area contributed by atoms with Gasteiger partial charge in [-0.3, -0.25) is 0 Å². The smallest absolute Gasteiger partial charge is 0.346 e. The van der Waals surface area contributed by atoms with E-state index in [0.717, 1.165) is 16.4 Å². The van der Waals surface area contributed by atoms with Gasteiger partial charge in [0.05, 0.1) is 12.1 Å². The van der Waals surface area contributed by atoms with Crippen LogP contribution in [0.15, 0.2) is 12.3 Å². The number of rotatable bonds is 0. The number of carbonyl (C=O) groups is 1. The van der Waals surface area contributed by atoms with E-state index in [-0.39, 0.29) is 0 Å². The van der Waals surface area contributed by atoms with Crippen LogP contribution in [0.25, 0.3) is 0 Å². The molecule has 0 radical (unpaired) electrons. The number of amides is 2. The summed E-state index contributed by atoms with van der Waals surface area (Å²) in [5.74, 6) is -1.05. The molecular formula is C4H5N3O3S. The Bertz CT molecular complexity index is 227. The van der Waals surface area contributed by atoms with Crippen molar-refractivity contribution in [1.29, 1.82) is 0 Å². The monoisotopic (exact) mass is 175 g/mol. The van der Waals surface area contributed by atoms with Gasteiger partial charge in [-0.05, 0) is 0 Å². The quantitative estimate of drug-likeness (QED) is 0.299. The molecule has 0 aromatic carbocycles. The summed E-state index contributed by atoms with van der Waals surface area (Å²) in [6.45, 7) is 0. The van der Waals surface area contributed by atoms with E-state index in [0.29, 0.717) is 0 Å². The van der Waals surface area contributed by atoms with Crippen molar-refractivity contribution in [2.45, 2.75) is 5.91 Å². The summed E-state index contributed by atoms with van der Waals surface area (Å²) in [5.41, 5.74) is 5.02. The van der Waals surface area contributed by atoms with Crippen molar-refractivity contribution < 1.29 is 14.6 Å². The average Bonchev–Trinajstić information content (AvgIpc) is 2.70. The number of nitrogens with one attached hydrogen (secondary N) is 1. The fraction of sp³-hybridized carbons (Fsp3) is 0.250. The summed E-state index contributed by atoms with van der Waals surface area (Å²) < 4.78 is 3.86. The summed E-state index contributed by atoms with van der Waals surface area (Å²) in [6, 6.07) is -0.621. The SMILES string of the molecule is NC(=O)N1SNC=CC12OO2. The molecule has 2 rings (SSSR count). The maximum atomic E-state index is 10.7. The van der Waals surface area contributed by atoms with Gasteiger partial charge in [-0.15, -0.1) is 0 Å². The molecule has 0 bridgehead atoms. The predicted octanol–water partition coefficient (Wildman–Crippen LogP) is -0.337. The van der Waals surface area contributed by atoms with E-state index in [2.05, 4.69) is 14.5 Å². The maximum absolute atomic E-state index is 10.7. The first-order valence-corrected chi connectivity index (χ1v) is 3.59. The molecule has 0 unspecified atom stereocenters. The summed E-state index contributed by atoms with van der Waals surface area (Å²) in [7, 11) is 0. The van der Waals surface area contributed by atoms with Gasteiger partial charge in [0.25, 0.3) is 0 Å².